The number of hydrogen-bond donors (Lipinski definition) is 4. The zero-order valence-electron chi connectivity index (χ0n) is 25.0. The minimum Gasteiger partial charge on any atom is -0.496 e. The Hall–Kier alpha value is -5.42. The minimum atomic E-state index is -4.64. The Bertz CT molecular complexity index is 1950. The molecule has 9 nitrogen and oxygen atoms in total. The fourth-order valence-electron chi connectivity index (χ4n) is 4.71. The highest BCUT2D eigenvalue weighted by molar-refractivity contribution is 6.11. The highest BCUT2D eigenvalue weighted by Crippen LogP contribution is 2.45. The summed E-state index contributed by atoms with van der Waals surface area (Å²) in [6.07, 6.45) is -3.25. The molecule has 4 rings (SSSR count). The van der Waals surface area contributed by atoms with E-state index in [2.05, 4.69) is 28.7 Å². The molecule has 0 radical (unpaired) electrons. The van der Waals surface area contributed by atoms with Crippen molar-refractivity contribution in [3.63, 3.8) is 0 Å². The number of pyridine rings is 1. The molecule has 2 aromatic carbocycles. The van der Waals surface area contributed by atoms with Gasteiger partial charge in [-0.1, -0.05) is 24.5 Å². The normalized spacial score (nSPS) is 11.5. The number of methoxy groups -OCH3 is 1. The molecule has 0 unspecified atom stereocenters. The Morgan fingerprint density at radius 3 is 2.46 bits per heavy atom. The van der Waals surface area contributed by atoms with Crippen molar-refractivity contribution in [3.8, 4) is 40.0 Å². The molecular weight excluding hydrogens is 613 g/mol. The van der Waals surface area contributed by atoms with Crippen LogP contribution >= 0.6 is 0 Å². The standard InChI is InChI=1S/C32H28F5N5O4/c1-16(33)29(43)41-19-7-9-20(22(34)13-19)27-24(17-6-8-21(23(12-17)46-5)30(44)40-15-32(35,36)37)25-26(42(27)4)18(14-39-28(25)38)10-11-31(2,3)45/h6-9,12-14,45H,1,15H2,2-5H3,(H2,38,39)(H,40,44)(H,41,43). The van der Waals surface area contributed by atoms with Gasteiger partial charge in [0.05, 0.1) is 34.8 Å². The minimum absolute atomic E-state index is 0.00228. The van der Waals surface area contributed by atoms with Gasteiger partial charge in [-0.05, 0) is 49.7 Å². The van der Waals surface area contributed by atoms with Crippen LogP contribution in [0.5, 0.6) is 5.75 Å². The maximum absolute atomic E-state index is 15.8. The van der Waals surface area contributed by atoms with E-state index < -0.39 is 41.8 Å². The van der Waals surface area contributed by atoms with Crippen LogP contribution in [0.3, 0.4) is 0 Å². The second-order valence-corrected chi connectivity index (χ2v) is 10.6. The molecule has 0 saturated carbocycles. The van der Waals surface area contributed by atoms with Crippen molar-refractivity contribution in [3.05, 3.63) is 71.9 Å². The van der Waals surface area contributed by atoms with E-state index in [1.165, 1.54) is 57.5 Å². The van der Waals surface area contributed by atoms with Crippen molar-refractivity contribution in [1.82, 2.24) is 14.9 Å². The number of aromatic nitrogens is 2. The first-order valence-corrected chi connectivity index (χ1v) is 13.4. The zero-order chi connectivity index (χ0) is 34.1. The maximum atomic E-state index is 15.8. The fourth-order valence-corrected chi connectivity index (χ4v) is 4.71. The van der Waals surface area contributed by atoms with E-state index in [9.17, 15) is 32.3 Å². The lowest BCUT2D eigenvalue weighted by molar-refractivity contribution is -0.123. The summed E-state index contributed by atoms with van der Waals surface area (Å²) in [5.74, 6) is 1.21. The number of fused-ring (bicyclic) bond motifs is 1. The summed E-state index contributed by atoms with van der Waals surface area (Å²) in [5, 5.41) is 14.5. The van der Waals surface area contributed by atoms with Crippen LogP contribution in [0.2, 0.25) is 0 Å². The van der Waals surface area contributed by atoms with Crippen LogP contribution in [0, 0.1) is 17.7 Å². The quantitative estimate of drug-likeness (QED) is 0.120. The van der Waals surface area contributed by atoms with E-state index in [1.807, 2.05) is 0 Å². The predicted molar refractivity (Wildman–Crippen MR) is 163 cm³/mol. The summed E-state index contributed by atoms with van der Waals surface area (Å²) in [6, 6.07) is 7.72. The molecule has 46 heavy (non-hydrogen) atoms. The lowest BCUT2D eigenvalue weighted by atomic mass is 9.96. The van der Waals surface area contributed by atoms with Gasteiger partial charge in [0, 0.05) is 30.1 Å². The van der Waals surface area contributed by atoms with Crippen LogP contribution in [0.1, 0.15) is 29.8 Å². The van der Waals surface area contributed by atoms with Crippen LogP contribution in [-0.2, 0) is 11.8 Å². The van der Waals surface area contributed by atoms with E-state index in [0.717, 1.165) is 6.07 Å². The average molecular weight is 642 g/mol. The second kappa shape index (κ2) is 12.5. The summed E-state index contributed by atoms with van der Waals surface area (Å²) in [6.45, 7) is 4.32. The lowest BCUT2D eigenvalue weighted by Crippen LogP contribution is -2.33. The number of nitrogens with two attached hydrogens (primary N) is 1. The number of aryl methyl sites for hydroxylation is 1. The van der Waals surface area contributed by atoms with Gasteiger partial charge < -0.3 is 30.8 Å². The van der Waals surface area contributed by atoms with Gasteiger partial charge in [-0.25, -0.2) is 13.8 Å². The number of anilines is 2. The molecule has 0 spiro atoms. The highest BCUT2D eigenvalue weighted by Gasteiger charge is 2.29. The van der Waals surface area contributed by atoms with Crippen molar-refractivity contribution in [2.45, 2.75) is 25.6 Å². The largest absolute Gasteiger partial charge is 0.496 e. The molecule has 240 valence electrons. The second-order valence-electron chi connectivity index (χ2n) is 10.6. The van der Waals surface area contributed by atoms with Crippen LogP contribution in [-0.4, -0.2) is 51.9 Å². The van der Waals surface area contributed by atoms with Gasteiger partial charge in [0.2, 0.25) is 0 Å². The first-order valence-electron chi connectivity index (χ1n) is 13.4. The number of ether oxygens (including phenoxy) is 1. The van der Waals surface area contributed by atoms with Crippen LogP contribution in [0.25, 0.3) is 33.3 Å². The Kier molecular flexibility index (Phi) is 9.11. The number of benzene rings is 2. The summed E-state index contributed by atoms with van der Waals surface area (Å²) in [7, 11) is 2.83. The molecule has 0 aliphatic heterocycles. The van der Waals surface area contributed by atoms with E-state index in [4.69, 9.17) is 10.5 Å². The number of amides is 2. The monoisotopic (exact) mass is 641 g/mol. The van der Waals surface area contributed by atoms with Gasteiger partial charge in [0.1, 0.15) is 29.5 Å². The number of nitrogens with zero attached hydrogens (tertiary/aromatic N) is 2. The Balaban J connectivity index is 2.02. The zero-order valence-corrected chi connectivity index (χ0v) is 25.0. The van der Waals surface area contributed by atoms with Crippen LogP contribution in [0.15, 0.2) is 55.0 Å². The van der Waals surface area contributed by atoms with Crippen molar-refractivity contribution in [2.24, 2.45) is 7.05 Å². The molecule has 0 fully saturated rings. The number of nitrogen functional groups attached to an aromatic ring is 1. The maximum Gasteiger partial charge on any atom is 0.405 e. The van der Waals surface area contributed by atoms with Gasteiger partial charge in [0.25, 0.3) is 11.8 Å². The molecule has 14 heteroatoms. The summed E-state index contributed by atoms with van der Waals surface area (Å²) >= 11 is 0. The van der Waals surface area contributed by atoms with Gasteiger partial charge in [-0.2, -0.15) is 13.2 Å². The first-order chi connectivity index (χ1) is 21.4. The van der Waals surface area contributed by atoms with Crippen molar-refractivity contribution < 1.29 is 41.4 Å². The first kappa shape index (κ1) is 33.5. The smallest absolute Gasteiger partial charge is 0.405 e. The summed E-state index contributed by atoms with van der Waals surface area (Å²) in [4.78, 5) is 28.6. The van der Waals surface area contributed by atoms with E-state index in [-0.39, 0.29) is 34.1 Å². The van der Waals surface area contributed by atoms with E-state index >= 15 is 4.39 Å². The third-order valence-corrected chi connectivity index (χ3v) is 6.65. The summed E-state index contributed by atoms with van der Waals surface area (Å²) < 4.78 is 74.3. The molecule has 2 amide bonds. The Labute approximate surface area is 259 Å². The summed E-state index contributed by atoms with van der Waals surface area (Å²) in [5.41, 5.74) is 6.29. The van der Waals surface area contributed by atoms with Gasteiger partial charge >= 0.3 is 6.18 Å². The van der Waals surface area contributed by atoms with Crippen molar-refractivity contribution in [1.29, 1.82) is 0 Å². The molecular formula is C32H28F5N5O4. The average Bonchev–Trinajstić information content (AvgIpc) is 3.28. The number of halogens is 5. The van der Waals surface area contributed by atoms with Crippen LogP contribution in [0.4, 0.5) is 33.5 Å². The number of aliphatic hydroxyl groups is 1. The van der Waals surface area contributed by atoms with Crippen molar-refractivity contribution >= 4 is 34.2 Å². The third kappa shape index (κ3) is 7.10. The number of nitrogens with one attached hydrogen (secondary N) is 2. The lowest BCUT2D eigenvalue weighted by Gasteiger charge is -2.14. The topological polar surface area (TPSA) is 132 Å². The molecule has 0 bridgehead atoms. The van der Waals surface area contributed by atoms with Crippen molar-refractivity contribution in [2.75, 3.05) is 24.7 Å². The molecule has 2 heterocycles. The molecule has 0 atom stereocenters. The predicted octanol–water partition coefficient (Wildman–Crippen LogP) is 5.47. The number of carbonyl (C=O) groups excluding carboxylic acids is 2. The van der Waals surface area contributed by atoms with E-state index in [0.29, 0.717) is 27.6 Å². The molecule has 4 aromatic rings. The van der Waals surface area contributed by atoms with E-state index in [1.54, 1.807) is 16.9 Å². The molecule has 2 aromatic heterocycles. The SMILES string of the molecule is C=C(F)C(=O)Nc1ccc(-c2c(-c3ccc(C(=O)NCC(F)(F)F)c(OC)c3)c3c(N)ncc(C#CC(C)(C)O)c3n2C)c(F)c1. The van der Waals surface area contributed by atoms with Gasteiger partial charge in [-0.15, -0.1) is 0 Å². The Morgan fingerprint density at radius 1 is 1.17 bits per heavy atom. The third-order valence-electron chi connectivity index (χ3n) is 6.65. The number of carbonyl (C=O) groups is 2. The number of alkyl halides is 3. The van der Waals surface area contributed by atoms with Gasteiger partial charge in [-0.3, -0.25) is 9.59 Å². The molecule has 0 saturated heterocycles. The Morgan fingerprint density at radius 2 is 1.87 bits per heavy atom. The highest BCUT2D eigenvalue weighted by atomic mass is 19.4. The molecule has 0 aliphatic carbocycles. The fraction of sp³-hybridized carbons (Fsp3) is 0.219. The molecule has 0 aliphatic rings. The molecule has 5 N–H and O–H groups in total. The number of rotatable bonds is 7. The van der Waals surface area contributed by atoms with Crippen LogP contribution < -0.4 is 21.1 Å². The van der Waals surface area contributed by atoms with Gasteiger partial charge in [0.15, 0.2) is 5.83 Å². The number of hydrogen-bond acceptors (Lipinski definition) is 6.